The third-order valence-corrected chi connectivity index (χ3v) is 7.16. The first-order chi connectivity index (χ1) is 14.9. The maximum Gasteiger partial charge on any atom is 0.343 e. The molecule has 1 aliphatic carbocycles. The van der Waals surface area contributed by atoms with E-state index in [-0.39, 0.29) is 40.3 Å². The second-order valence-electron chi connectivity index (χ2n) is 7.81. The van der Waals surface area contributed by atoms with E-state index in [0.29, 0.717) is 12.0 Å². The highest BCUT2D eigenvalue weighted by atomic mass is 32.2. The van der Waals surface area contributed by atoms with Crippen LogP contribution in [0.15, 0.2) is 74.8 Å². The van der Waals surface area contributed by atoms with Gasteiger partial charge in [-0.1, -0.05) is 55.5 Å². The van der Waals surface area contributed by atoms with Crippen molar-refractivity contribution in [1.29, 1.82) is 0 Å². The summed E-state index contributed by atoms with van der Waals surface area (Å²) in [5, 5.41) is 10.7. The third-order valence-electron chi connectivity index (χ3n) is 5.66. The van der Waals surface area contributed by atoms with Gasteiger partial charge in [0.1, 0.15) is 11.5 Å². The minimum atomic E-state index is -3.79. The van der Waals surface area contributed by atoms with Crippen LogP contribution in [0.3, 0.4) is 0 Å². The molecule has 0 saturated heterocycles. The average molecular weight is 440 g/mol. The van der Waals surface area contributed by atoms with Crippen LogP contribution in [0.4, 0.5) is 0 Å². The summed E-state index contributed by atoms with van der Waals surface area (Å²) < 4.78 is 33.3. The fraction of sp³-hybridized carbons (Fsp3) is 0.292. The van der Waals surface area contributed by atoms with Gasteiger partial charge in [0.05, 0.1) is 17.0 Å². The van der Waals surface area contributed by atoms with Gasteiger partial charge < -0.3 is 9.52 Å². The Kier molecular flexibility index (Phi) is 5.98. The smallest absolute Gasteiger partial charge is 0.343 e. The lowest BCUT2D eigenvalue weighted by Crippen LogP contribution is -2.25. The number of benzene rings is 2. The Hall–Kier alpha value is -2.90. The van der Waals surface area contributed by atoms with E-state index in [0.717, 1.165) is 18.4 Å². The van der Waals surface area contributed by atoms with E-state index >= 15 is 0 Å². The van der Waals surface area contributed by atoms with Gasteiger partial charge in [0.2, 0.25) is 10.0 Å². The number of aromatic hydroxyl groups is 1. The van der Waals surface area contributed by atoms with Crippen molar-refractivity contribution in [2.24, 2.45) is 5.92 Å². The standard InChI is InChI=1S/C24H25NO5S/c1-2-16-8-6-7-11-21(16)31(28,29)25-15-19-14-20(26)23(24(27)30-19)22(18-12-13-18)17-9-4-3-5-10-17/h3-11,14,18,22,25-26H,2,12-13,15H2,1H3. The number of rotatable bonds is 8. The van der Waals surface area contributed by atoms with Crippen LogP contribution >= 0.6 is 0 Å². The Labute approximate surface area is 181 Å². The number of sulfonamides is 1. The van der Waals surface area contributed by atoms with Gasteiger partial charge in [0, 0.05) is 12.0 Å². The first kappa shape index (κ1) is 21.3. The van der Waals surface area contributed by atoms with Crippen LogP contribution in [0.25, 0.3) is 0 Å². The topological polar surface area (TPSA) is 96.6 Å². The predicted molar refractivity (Wildman–Crippen MR) is 117 cm³/mol. The summed E-state index contributed by atoms with van der Waals surface area (Å²) >= 11 is 0. The fourth-order valence-corrected chi connectivity index (χ4v) is 5.28. The monoisotopic (exact) mass is 439 g/mol. The van der Waals surface area contributed by atoms with Crippen molar-refractivity contribution in [3.05, 3.63) is 93.5 Å². The molecule has 1 fully saturated rings. The summed E-state index contributed by atoms with van der Waals surface area (Å²) in [6, 6.07) is 17.7. The molecule has 3 aromatic rings. The molecule has 1 heterocycles. The maximum atomic E-state index is 12.8. The molecule has 0 radical (unpaired) electrons. The fourth-order valence-electron chi connectivity index (χ4n) is 3.98. The maximum absolute atomic E-state index is 12.8. The molecule has 1 aliphatic rings. The Balaban J connectivity index is 1.60. The van der Waals surface area contributed by atoms with Crippen LogP contribution in [0.1, 0.15) is 48.1 Å². The summed E-state index contributed by atoms with van der Waals surface area (Å²) in [6.45, 7) is 1.65. The van der Waals surface area contributed by atoms with Crippen LogP contribution in [0.5, 0.6) is 5.75 Å². The zero-order chi connectivity index (χ0) is 22.0. The van der Waals surface area contributed by atoms with E-state index in [1.807, 2.05) is 37.3 Å². The van der Waals surface area contributed by atoms with E-state index in [4.69, 9.17) is 4.42 Å². The van der Waals surface area contributed by atoms with Gasteiger partial charge in [0.15, 0.2) is 0 Å². The molecule has 31 heavy (non-hydrogen) atoms. The van der Waals surface area contributed by atoms with E-state index in [1.165, 1.54) is 12.1 Å². The minimum absolute atomic E-state index is 0.0615. The molecule has 0 aliphatic heterocycles. The van der Waals surface area contributed by atoms with Crippen LogP contribution in [-0.4, -0.2) is 13.5 Å². The summed E-state index contributed by atoms with van der Waals surface area (Å²) in [7, 11) is -3.79. The predicted octanol–water partition coefficient (Wildman–Crippen LogP) is 3.93. The van der Waals surface area contributed by atoms with Crippen LogP contribution in [0, 0.1) is 5.92 Å². The molecule has 0 bridgehead atoms. The molecule has 2 aromatic carbocycles. The van der Waals surface area contributed by atoms with Crippen LogP contribution in [0.2, 0.25) is 0 Å². The van der Waals surface area contributed by atoms with Crippen molar-refractivity contribution in [1.82, 2.24) is 4.72 Å². The zero-order valence-corrected chi connectivity index (χ0v) is 18.1. The molecule has 1 saturated carbocycles. The van der Waals surface area contributed by atoms with Crippen molar-refractivity contribution in [2.45, 2.75) is 43.5 Å². The normalized spacial score (nSPS) is 15.0. The molecular formula is C24H25NO5S. The molecule has 1 atom stereocenters. The number of hydrogen-bond acceptors (Lipinski definition) is 5. The van der Waals surface area contributed by atoms with Gasteiger partial charge in [0.25, 0.3) is 0 Å². The Morgan fingerprint density at radius 3 is 2.42 bits per heavy atom. The van der Waals surface area contributed by atoms with Crippen LogP contribution in [-0.2, 0) is 23.0 Å². The highest BCUT2D eigenvalue weighted by molar-refractivity contribution is 7.89. The Morgan fingerprint density at radius 2 is 1.77 bits per heavy atom. The molecule has 6 nitrogen and oxygen atoms in total. The van der Waals surface area contributed by atoms with E-state index in [9.17, 15) is 18.3 Å². The van der Waals surface area contributed by atoms with Crippen molar-refractivity contribution in [2.75, 3.05) is 0 Å². The molecule has 2 N–H and O–H groups in total. The summed E-state index contributed by atoms with van der Waals surface area (Å²) in [5.41, 5.74) is 1.25. The second-order valence-corrected chi connectivity index (χ2v) is 9.55. The van der Waals surface area contributed by atoms with Gasteiger partial charge in [-0.3, -0.25) is 0 Å². The molecule has 0 amide bonds. The second kappa shape index (κ2) is 8.69. The van der Waals surface area contributed by atoms with Crippen molar-refractivity contribution in [3.63, 3.8) is 0 Å². The molecule has 7 heteroatoms. The van der Waals surface area contributed by atoms with Gasteiger partial charge in [-0.15, -0.1) is 0 Å². The summed E-state index contributed by atoms with van der Waals surface area (Å²) in [5.74, 6) is -0.0581. The lowest BCUT2D eigenvalue weighted by atomic mass is 9.87. The van der Waals surface area contributed by atoms with Gasteiger partial charge in [-0.2, -0.15) is 0 Å². The number of hydrogen-bond donors (Lipinski definition) is 2. The third kappa shape index (κ3) is 4.57. The molecule has 1 aromatic heterocycles. The van der Waals surface area contributed by atoms with Gasteiger partial charge in [-0.05, 0) is 42.4 Å². The van der Waals surface area contributed by atoms with E-state index in [1.54, 1.807) is 18.2 Å². The summed E-state index contributed by atoms with van der Waals surface area (Å²) in [6.07, 6.45) is 2.54. The van der Waals surface area contributed by atoms with Crippen LogP contribution < -0.4 is 10.3 Å². The van der Waals surface area contributed by atoms with E-state index < -0.39 is 15.6 Å². The molecular weight excluding hydrogens is 414 g/mol. The highest BCUT2D eigenvalue weighted by Crippen LogP contribution is 2.47. The quantitative estimate of drug-likeness (QED) is 0.554. The SMILES string of the molecule is CCc1ccccc1S(=O)(=O)NCc1cc(O)c(C(c2ccccc2)C2CC2)c(=O)o1. The lowest BCUT2D eigenvalue weighted by molar-refractivity contribution is 0.401. The lowest BCUT2D eigenvalue weighted by Gasteiger charge is -2.17. The number of nitrogens with one attached hydrogen (secondary N) is 1. The zero-order valence-electron chi connectivity index (χ0n) is 17.2. The summed E-state index contributed by atoms with van der Waals surface area (Å²) in [4.78, 5) is 13.0. The average Bonchev–Trinajstić information content (AvgIpc) is 3.60. The Morgan fingerprint density at radius 1 is 1.10 bits per heavy atom. The van der Waals surface area contributed by atoms with Crippen molar-refractivity contribution in [3.8, 4) is 5.75 Å². The van der Waals surface area contributed by atoms with E-state index in [2.05, 4.69) is 4.72 Å². The molecule has 162 valence electrons. The highest BCUT2D eigenvalue weighted by Gasteiger charge is 2.37. The first-order valence-electron chi connectivity index (χ1n) is 10.4. The molecule has 0 spiro atoms. The Bertz CT molecular complexity index is 1230. The van der Waals surface area contributed by atoms with Crippen molar-refractivity contribution < 1.29 is 17.9 Å². The minimum Gasteiger partial charge on any atom is -0.507 e. The van der Waals surface area contributed by atoms with Crippen molar-refractivity contribution >= 4 is 10.0 Å². The first-order valence-corrected chi connectivity index (χ1v) is 11.9. The number of aryl methyl sites for hydroxylation is 1. The molecule has 1 unspecified atom stereocenters. The molecule has 4 rings (SSSR count). The van der Waals surface area contributed by atoms with Gasteiger partial charge >= 0.3 is 5.63 Å². The largest absolute Gasteiger partial charge is 0.507 e. The van der Waals surface area contributed by atoms with Gasteiger partial charge in [-0.25, -0.2) is 17.9 Å².